The number of hydrogen-bond acceptors (Lipinski definition) is 5. The van der Waals surface area contributed by atoms with Crippen LogP contribution in [0.5, 0.6) is 0 Å². The first-order chi connectivity index (χ1) is 12.0. The number of guanidine groups is 1. The van der Waals surface area contributed by atoms with Gasteiger partial charge in [-0.3, -0.25) is 9.79 Å². The first-order valence-corrected chi connectivity index (χ1v) is 8.30. The van der Waals surface area contributed by atoms with E-state index >= 15 is 0 Å². The third kappa shape index (κ3) is 5.40. The van der Waals surface area contributed by atoms with Crippen LogP contribution in [0.25, 0.3) is 0 Å². The summed E-state index contributed by atoms with van der Waals surface area (Å²) >= 11 is 0. The minimum Gasteiger partial charge on any atom is -0.454 e. The maximum absolute atomic E-state index is 11.7. The Bertz CT molecular complexity index is 620. The van der Waals surface area contributed by atoms with E-state index in [1.165, 1.54) is 0 Å². The van der Waals surface area contributed by atoms with E-state index < -0.39 is 5.91 Å². The fourth-order valence-corrected chi connectivity index (χ4v) is 2.59. The molecule has 4 N–H and O–H groups in total. The molecule has 2 heterocycles. The maximum Gasteiger partial charge on any atom is 0.409 e. The lowest BCUT2D eigenvalue weighted by Gasteiger charge is -2.32. The Morgan fingerprint density at radius 1 is 1.40 bits per heavy atom. The van der Waals surface area contributed by atoms with Gasteiger partial charge in [0.15, 0.2) is 11.7 Å². The first kappa shape index (κ1) is 18.6. The molecule has 0 saturated carbocycles. The van der Waals surface area contributed by atoms with Crippen molar-refractivity contribution >= 4 is 18.0 Å². The molecule has 1 aromatic rings. The van der Waals surface area contributed by atoms with Crippen LogP contribution in [0.3, 0.4) is 0 Å². The lowest BCUT2D eigenvalue weighted by atomic mass is 10.1. The molecule has 1 fully saturated rings. The Hall–Kier alpha value is -2.71. The number of ether oxygens (including phenoxy) is 1. The number of nitrogens with two attached hydrogens (primary N) is 1. The predicted molar refractivity (Wildman–Crippen MR) is 92.2 cm³/mol. The van der Waals surface area contributed by atoms with Gasteiger partial charge in [-0.1, -0.05) is 0 Å². The number of aliphatic imine (C=N–C) groups is 1. The van der Waals surface area contributed by atoms with Crippen LogP contribution >= 0.6 is 0 Å². The van der Waals surface area contributed by atoms with Crippen LogP contribution in [-0.2, 0) is 11.3 Å². The summed E-state index contributed by atoms with van der Waals surface area (Å²) in [6.07, 6.45) is 1.37. The zero-order valence-corrected chi connectivity index (χ0v) is 14.6. The summed E-state index contributed by atoms with van der Waals surface area (Å²) < 4.78 is 10.3. The van der Waals surface area contributed by atoms with E-state index in [0.29, 0.717) is 38.0 Å². The van der Waals surface area contributed by atoms with Gasteiger partial charge < -0.3 is 30.4 Å². The van der Waals surface area contributed by atoms with Crippen molar-refractivity contribution in [3.8, 4) is 0 Å². The summed E-state index contributed by atoms with van der Waals surface area (Å²) in [5, 5.41) is 6.45. The third-order valence-corrected chi connectivity index (χ3v) is 3.92. The number of primary amides is 1. The summed E-state index contributed by atoms with van der Waals surface area (Å²) in [5.74, 6) is 0.758. The van der Waals surface area contributed by atoms with Crippen molar-refractivity contribution in [2.45, 2.75) is 32.4 Å². The number of nitrogens with one attached hydrogen (secondary N) is 2. The Balaban J connectivity index is 1.77. The minimum atomic E-state index is -0.595. The van der Waals surface area contributed by atoms with Gasteiger partial charge in [0.2, 0.25) is 0 Å². The number of rotatable bonds is 5. The number of piperidine rings is 1. The number of likely N-dealkylation sites (tertiary alicyclic amines) is 1. The Labute approximate surface area is 146 Å². The molecule has 1 aromatic heterocycles. The minimum absolute atomic E-state index is 0.131. The van der Waals surface area contributed by atoms with E-state index in [1.54, 1.807) is 31.0 Å². The first-order valence-electron chi connectivity index (χ1n) is 8.30. The number of furan rings is 1. The summed E-state index contributed by atoms with van der Waals surface area (Å²) in [4.78, 5) is 28.6. The highest BCUT2D eigenvalue weighted by Gasteiger charge is 2.24. The van der Waals surface area contributed by atoms with Crippen molar-refractivity contribution in [2.75, 3.05) is 26.7 Å². The zero-order valence-electron chi connectivity index (χ0n) is 14.6. The van der Waals surface area contributed by atoms with Crippen molar-refractivity contribution in [3.05, 3.63) is 23.7 Å². The second-order valence-electron chi connectivity index (χ2n) is 5.66. The third-order valence-electron chi connectivity index (χ3n) is 3.92. The van der Waals surface area contributed by atoms with Crippen LogP contribution in [0.15, 0.2) is 21.5 Å². The molecule has 0 aromatic carbocycles. The fourth-order valence-electron chi connectivity index (χ4n) is 2.59. The molecule has 2 rings (SSSR count). The summed E-state index contributed by atoms with van der Waals surface area (Å²) in [6.45, 7) is 3.86. The van der Waals surface area contributed by atoms with Crippen molar-refractivity contribution in [1.29, 1.82) is 0 Å². The fraction of sp³-hybridized carbons (Fsp3) is 0.562. The molecule has 0 spiro atoms. The molecule has 9 nitrogen and oxygen atoms in total. The zero-order chi connectivity index (χ0) is 18.2. The van der Waals surface area contributed by atoms with Crippen LogP contribution in [0.2, 0.25) is 0 Å². The number of carbonyl (C=O) groups excluding carboxylic acids is 2. The van der Waals surface area contributed by atoms with E-state index in [4.69, 9.17) is 14.9 Å². The van der Waals surface area contributed by atoms with Crippen LogP contribution in [0, 0.1) is 0 Å². The van der Waals surface area contributed by atoms with E-state index in [0.717, 1.165) is 12.8 Å². The molecule has 2 amide bonds. The van der Waals surface area contributed by atoms with Crippen molar-refractivity contribution in [1.82, 2.24) is 15.5 Å². The van der Waals surface area contributed by atoms with Crippen molar-refractivity contribution < 1.29 is 18.7 Å². The van der Waals surface area contributed by atoms with Crippen molar-refractivity contribution in [2.24, 2.45) is 10.7 Å². The topological polar surface area (TPSA) is 122 Å². The Kier molecular flexibility index (Phi) is 6.67. The number of nitrogens with zero attached hydrogens (tertiary/aromatic N) is 2. The van der Waals surface area contributed by atoms with Gasteiger partial charge >= 0.3 is 6.09 Å². The van der Waals surface area contributed by atoms with Crippen LogP contribution < -0.4 is 16.4 Å². The van der Waals surface area contributed by atoms with Gasteiger partial charge in [0.05, 0.1) is 13.2 Å². The van der Waals surface area contributed by atoms with Gasteiger partial charge in [-0.05, 0) is 31.9 Å². The van der Waals surface area contributed by atoms with Gasteiger partial charge in [0.1, 0.15) is 5.76 Å². The number of amides is 2. The molecule has 0 radical (unpaired) electrons. The van der Waals surface area contributed by atoms with E-state index in [1.807, 2.05) is 0 Å². The highest BCUT2D eigenvalue weighted by Crippen LogP contribution is 2.11. The van der Waals surface area contributed by atoms with E-state index in [9.17, 15) is 9.59 Å². The van der Waals surface area contributed by atoms with Gasteiger partial charge in [0, 0.05) is 26.2 Å². The largest absolute Gasteiger partial charge is 0.454 e. The lowest BCUT2D eigenvalue weighted by molar-refractivity contribution is 0.0959. The Morgan fingerprint density at radius 3 is 2.68 bits per heavy atom. The quantitative estimate of drug-likeness (QED) is 0.529. The van der Waals surface area contributed by atoms with E-state index in [2.05, 4.69) is 15.6 Å². The van der Waals surface area contributed by atoms with Crippen LogP contribution in [-0.4, -0.2) is 55.6 Å². The standard InChI is InChI=1S/C16H25N5O4/c1-3-24-16(23)21-8-6-11(7-9-21)20-15(18-2)19-10-12-4-5-13(25-12)14(17)22/h4-5,11H,3,6-10H2,1-2H3,(H2,17,22)(H2,18,19,20). The molecule has 0 bridgehead atoms. The average Bonchev–Trinajstić information content (AvgIpc) is 3.08. The summed E-state index contributed by atoms with van der Waals surface area (Å²) in [6, 6.07) is 3.45. The molecule has 25 heavy (non-hydrogen) atoms. The molecule has 1 aliphatic rings. The highest BCUT2D eigenvalue weighted by molar-refractivity contribution is 5.89. The van der Waals surface area contributed by atoms with Crippen LogP contribution in [0.1, 0.15) is 36.1 Å². The second-order valence-corrected chi connectivity index (χ2v) is 5.66. The molecule has 9 heteroatoms. The SMILES string of the molecule is CCOC(=O)N1CCC(NC(=NC)NCc2ccc(C(N)=O)o2)CC1. The molecular weight excluding hydrogens is 326 g/mol. The monoisotopic (exact) mass is 351 g/mol. The molecule has 0 atom stereocenters. The molecule has 138 valence electrons. The predicted octanol–water partition coefficient (Wildman–Crippen LogP) is 0.664. The maximum atomic E-state index is 11.7. The molecule has 1 saturated heterocycles. The average molecular weight is 351 g/mol. The molecule has 0 unspecified atom stereocenters. The lowest BCUT2D eigenvalue weighted by Crippen LogP contribution is -2.49. The van der Waals surface area contributed by atoms with Gasteiger partial charge in [-0.25, -0.2) is 4.79 Å². The van der Waals surface area contributed by atoms with Gasteiger partial charge in [0.25, 0.3) is 5.91 Å². The summed E-state index contributed by atoms with van der Waals surface area (Å²) in [5.41, 5.74) is 5.16. The number of hydrogen-bond donors (Lipinski definition) is 3. The van der Waals surface area contributed by atoms with Crippen molar-refractivity contribution in [3.63, 3.8) is 0 Å². The summed E-state index contributed by atoms with van der Waals surface area (Å²) in [7, 11) is 1.68. The van der Waals surface area contributed by atoms with E-state index in [-0.39, 0.29) is 17.9 Å². The molecular formula is C16H25N5O4. The van der Waals surface area contributed by atoms with Gasteiger partial charge in [-0.15, -0.1) is 0 Å². The highest BCUT2D eigenvalue weighted by atomic mass is 16.6. The second kappa shape index (κ2) is 8.95. The molecule has 0 aliphatic carbocycles. The van der Waals surface area contributed by atoms with Gasteiger partial charge in [-0.2, -0.15) is 0 Å². The van der Waals surface area contributed by atoms with Crippen LogP contribution in [0.4, 0.5) is 4.79 Å². The number of carbonyl (C=O) groups is 2. The smallest absolute Gasteiger partial charge is 0.409 e. The normalized spacial score (nSPS) is 15.8. The Morgan fingerprint density at radius 2 is 2.12 bits per heavy atom. The molecule has 1 aliphatic heterocycles.